The van der Waals surface area contributed by atoms with Gasteiger partial charge in [0.25, 0.3) is 5.91 Å². The molecule has 3 amide bonds. The number of amides is 3. The van der Waals surface area contributed by atoms with Crippen molar-refractivity contribution in [2.45, 2.75) is 12.5 Å². The van der Waals surface area contributed by atoms with Crippen molar-refractivity contribution in [3.8, 4) is 0 Å². The average molecular weight is 284 g/mol. The summed E-state index contributed by atoms with van der Waals surface area (Å²) in [4.78, 5) is 26.6. The second-order valence-electron chi connectivity index (χ2n) is 4.36. The van der Waals surface area contributed by atoms with Crippen molar-refractivity contribution in [1.29, 1.82) is 0 Å². The SMILES string of the molecule is O=C1C2CCSCN2C(=O)N1c1ccc(F)cc1F. The van der Waals surface area contributed by atoms with E-state index in [-0.39, 0.29) is 5.69 Å². The summed E-state index contributed by atoms with van der Waals surface area (Å²) in [6.45, 7) is 0. The van der Waals surface area contributed by atoms with Crippen LogP contribution in [0.25, 0.3) is 0 Å². The maximum absolute atomic E-state index is 13.7. The number of thioether (sulfide) groups is 1. The van der Waals surface area contributed by atoms with E-state index in [0.29, 0.717) is 18.4 Å². The largest absolute Gasteiger partial charge is 0.332 e. The summed E-state index contributed by atoms with van der Waals surface area (Å²) < 4.78 is 26.6. The molecule has 0 N–H and O–H groups in total. The predicted octanol–water partition coefficient (Wildman–Crippen LogP) is 2.20. The van der Waals surface area contributed by atoms with E-state index in [1.807, 2.05) is 0 Å². The molecule has 0 bridgehead atoms. The van der Waals surface area contributed by atoms with Gasteiger partial charge in [-0.05, 0) is 24.3 Å². The first kappa shape index (κ1) is 12.4. The Morgan fingerprint density at radius 1 is 1.26 bits per heavy atom. The first-order valence-electron chi connectivity index (χ1n) is 5.77. The van der Waals surface area contributed by atoms with E-state index in [2.05, 4.69) is 0 Å². The topological polar surface area (TPSA) is 40.6 Å². The van der Waals surface area contributed by atoms with Crippen LogP contribution >= 0.6 is 11.8 Å². The highest BCUT2D eigenvalue weighted by Gasteiger charge is 2.47. The predicted molar refractivity (Wildman–Crippen MR) is 66.8 cm³/mol. The van der Waals surface area contributed by atoms with Crippen LogP contribution in [0.1, 0.15) is 6.42 Å². The number of carbonyl (C=O) groups excluding carboxylic acids is 2. The molecule has 2 heterocycles. The number of hydrogen-bond donors (Lipinski definition) is 0. The average Bonchev–Trinajstić information content (AvgIpc) is 2.64. The molecule has 0 aliphatic carbocycles. The van der Waals surface area contributed by atoms with Gasteiger partial charge in [-0.15, -0.1) is 11.8 Å². The van der Waals surface area contributed by atoms with Crippen LogP contribution in [0.15, 0.2) is 18.2 Å². The van der Waals surface area contributed by atoms with Crippen molar-refractivity contribution in [3.05, 3.63) is 29.8 Å². The maximum atomic E-state index is 13.7. The Labute approximate surface area is 112 Å². The van der Waals surface area contributed by atoms with Gasteiger partial charge in [0.1, 0.15) is 17.7 Å². The Morgan fingerprint density at radius 2 is 2.05 bits per heavy atom. The number of nitrogens with zero attached hydrogens (tertiary/aromatic N) is 2. The third-order valence-corrected chi connectivity index (χ3v) is 4.22. The van der Waals surface area contributed by atoms with E-state index in [0.717, 1.165) is 22.8 Å². The molecular formula is C12H10F2N2O2S. The number of benzene rings is 1. The lowest BCUT2D eigenvalue weighted by Crippen LogP contribution is -2.38. The fourth-order valence-corrected chi connectivity index (χ4v) is 3.31. The van der Waals surface area contributed by atoms with Gasteiger partial charge in [-0.1, -0.05) is 0 Å². The van der Waals surface area contributed by atoms with Gasteiger partial charge in [0.15, 0.2) is 0 Å². The molecule has 1 aromatic carbocycles. The Kier molecular flexibility index (Phi) is 2.93. The number of urea groups is 1. The molecule has 0 radical (unpaired) electrons. The van der Waals surface area contributed by atoms with Crippen molar-refractivity contribution in [3.63, 3.8) is 0 Å². The Bertz CT molecular complexity index is 543. The van der Waals surface area contributed by atoms with Crippen LogP contribution in [0.4, 0.5) is 19.3 Å². The fourth-order valence-electron chi connectivity index (χ4n) is 2.31. The number of halogens is 2. The van der Waals surface area contributed by atoms with Crippen molar-refractivity contribution >= 4 is 29.4 Å². The zero-order chi connectivity index (χ0) is 13.6. The molecule has 1 unspecified atom stereocenters. The van der Waals surface area contributed by atoms with Gasteiger partial charge < -0.3 is 4.90 Å². The molecule has 2 saturated heterocycles. The van der Waals surface area contributed by atoms with E-state index in [1.165, 1.54) is 4.90 Å². The van der Waals surface area contributed by atoms with Crippen molar-refractivity contribution in [1.82, 2.24) is 4.90 Å². The van der Waals surface area contributed by atoms with Crippen LogP contribution in [-0.2, 0) is 4.79 Å². The zero-order valence-corrected chi connectivity index (χ0v) is 10.6. The second-order valence-corrected chi connectivity index (χ2v) is 5.44. The molecule has 1 aromatic rings. The number of rotatable bonds is 1. The highest BCUT2D eigenvalue weighted by molar-refractivity contribution is 7.99. The first-order chi connectivity index (χ1) is 9.09. The number of fused-ring (bicyclic) bond motifs is 1. The molecule has 100 valence electrons. The molecule has 1 atom stereocenters. The van der Waals surface area contributed by atoms with Gasteiger partial charge >= 0.3 is 6.03 Å². The van der Waals surface area contributed by atoms with E-state index in [1.54, 1.807) is 11.8 Å². The normalized spacial score (nSPS) is 22.9. The third kappa shape index (κ3) is 1.88. The van der Waals surface area contributed by atoms with Crippen molar-refractivity contribution in [2.24, 2.45) is 0 Å². The standard InChI is InChI=1S/C12H10F2N2O2S/c13-7-1-2-9(8(14)5-7)16-11(17)10-3-4-19-6-15(10)12(16)18/h1-2,5,10H,3-4,6H2. The molecule has 7 heteroatoms. The lowest BCUT2D eigenvalue weighted by atomic mass is 10.2. The minimum Gasteiger partial charge on any atom is -0.303 e. The minimum atomic E-state index is -0.908. The summed E-state index contributed by atoms with van der Waals surface area (Å²) in [5.74, 6) is -0.868. The molecule has 0 aromatic heterocycles. The Balaban J connectivity index is 2.00. The molecule has 19 heavy (non-hydrogen) atoms. The fraction of sp³-hybridized carbons (Fsp3) is 0.333. The molecule has 2 aliphatic rings. The van der Waals surface area contributed by atoms with E-state index >= 15 is 0 Å². The molecular weight excluding hydrogens is 274 g/mol. The van der Waals surface area contributed by atoms with Crippen molar-refractivity contribution in [2.75, 3.05) is 16.5 Å². The van der Waals surface area contributed by atoms with E-state index in [9.17, 15) is 18.4 Å². The summed E-state index contributed by atoms with van der Waals surface area (Å²) in [6, 6.07) is 1.77. The lowest BCUT2D eigenvalue weighted by molar-refractivity contribution is -0.119. The van der Waals surface area contributed by atoms with Gasteiger partial charge in [-0.25, -0.2) is 18.5 Å². The number of carbonyl (C=O) groups is 2. The Morgan fingerprint density at radius 3 is 2.74 bits per heavy atom. The molecule has 2 fully saturated rings. The van der Waals surface area contributed by atoms with Crippen LogP contribution in [0, 0.1) is 11.6 Å². The molecule has 0 saturated carbocycles. The number of anilines is 1. The minimum absolute atomic E-state index is 0.184. The summed E-state index contributed by atoms with van der Waals surface area (Å²) >= 11 is 1.55. The van der Waals surface area contributed by atoms with Crippen molar-refractivity contribution < 1.29 is 18.4 Å². The summed E-state index contributed by atoms with van der Waals surface area (Å²) in [5, 5.41) is 0. The third-order valence-electron chi connectivity index (χ3n) is 3.24. The first-order valence-corrected chi connectivity index (χ1v) is 6.92. The highest BCUT2D eigenvalue weighted by Crippen LogP contribution is 2.33. The highest BCUT2D eigenvalue weighted by atomic mass is 32.2. The van der Waals surface area contributed by atoms with Crippen LogP contribution in [-0.4, -0.2) is 34.5 Å². The summed E-state index contributed by atoms with van der Waals surface area (Å²) in [5.41, 5.74) is -0.184. The van der Waals surface area contributed by atoms with Crippen LogP contribution in [0.3, 0.4) is 0 Å². The smallest absolute Gasteiger partial charge is 0.303 e. The zero-order valence-electron chi connectivity index (χ0n) is 9.81. The number of hydrogen-bond acceptors (Lipinski definition) is 3. The lowest BCUT2D eigenvalue weighted by Gasteiger charge is -2.25. The van der Waals surface area contributed by atoms with Crippen LogP contribution in [0.2, 0.25) is 0 Å². The molecule has 4 nitrogen and oxygen atoms in total. The summed E-state index contributed by atoms with van der Waals surface area (Å²) in [6.07, 6.45) is 0.564. The molecule has 0 spiro atoms. The number of imide groups is 1. The van der Waals surface area contributed by atoms with E-state index in [4.69, 9.17) is 0 Å². The summed E-state index contributed by atoms with van der Waals surface area (Å²) in [7, 11) is 0. The van der Waals surface area contributed by atoms with E-state index < -0.39 is 29.6 Å². The van der Waals surface area contributed by atoms with Crippen LogP contribution in [0.5, 0.6) is 0 Å². The van der Waals surface area contributed by atoms with Gasteiger partial charge in [-0.3, -0.25) is 4.79 Å². The quantitative estimate of drug-likeness (QED) is 0.742. The maximum Gasteiger partial charge on any atom is 0.332 e. The molecule has 3 rings (SSSR count). The monoisotopic (exact) mass is 284 g/mol. The van der Waals surface area contributed by atoms with Gasteiger partial charge in [0.05, 0.1) is 11.6 Å². The molecule has 2 aliphatic heterocycles. The van der Waals surface area contributed by atoms with Gasteiger partial charge in [0.2, 0.25) is 0 Å². The second kappa shape index (κ2) is 4.48. The van der Waals surface area contributed by atoms with Crippen LogP contribution < -0.4 is 4.90 Å². The van der Waals surface area contributed by atoms with Gasteiger partial charge in [0, 0.05) is 6.07 Å². The Hall–Kier alpha value is -1.63. The van der Waals surface area contributed by atoms with Gasteiger partial charge in [-0.2, -0.15) is 0 Å².